The summed E-state index contributed by atoms with van der Waals surface area (Å²) in [7, 11) is 7.42. The van der Waals surface area contributed by atoms with Crippen molar-refractivity contribution >= 4 is 11.9 Å². The Morgan fingerprint density at radius 1 is 1.41 bits per heavy atom. The van der Waals surface area contributed by atoms with Gasteiger partial charge in [0.1, 0.15) is 6.10 Å². The van der Waals surface area contributed by atoms with Crippen LogP contribution in [0.5, 0.6) is 0 Å². The normalized spacial score (nSPS) is 23.4. The Balaban J connectivity index is 1.45. The number of likely N-dealkylation sites (N-methyl/N-ethyl adjacent to an activating group) is 1. The van der Waals surface area contributed by atoms with E-state index in [0.717, 1.165) is 63.5 Å². The van der Waals surface area contributed by atoms with Gasteiger partial charge in [0.2, 0.25) is 5.91 Å². The van der Waals surface area contributed by atoms with Crippen LogP contribution < -0.4 is 5.32 Å². The lowest BCUT2D eigenvalue weighted by atomic mass is 10.1. The second-order valence-electron chi connectivity index (χ2n) is 8.01. The third-order valence-corrected chi connectivity index (χ3v) is 5.67. The van der Waals surface area contributed by atoms with Crippen LogP contribution in [-0.4, -0.2) is 103 Å². The van der Waals surface area contributed by atoms with Crippen LogP contribution in [0.1, 0.15) is 30.9 Å². The lowest BCUT2D eigenvalue weighted by molar-refractivity contribution is -0.133. The quantitative estimate of drug-likeness (QED) is 0.417. The van der Waals surface area contributed by atoms with Gasteiger partial charge in [-0.1, -0.05) is 0 Å². The molecular weight excluding hydrogens is 370 g/mol. The minimum Gasteiger partial charge on any atom is -0.370 e. The number of guanidine groups is 1. The predicted octanol–water partition coefficient (Wildman–Crippen LogP) is 0.312. The number of amides is 1. The number of hydrogen-bond donors (Lipinski definition) is 1. The molecule has 2 fully saturated rings. The Bertz CT molecular complexity index is 703. The second kappa shape index (κ2) is 10.1. The Labute approximate surface area is 173 Å². The Hall–Kier alpha value is -2.13. The van der Waals surface area contributed by atoms with Gasteiger partial charge in [-0.25, -0.2) is 0 Å². The van der Waals surface area contributed by atoms with Crippen LogP contribution in [0.4, 0.5) is 0 Å². The molecule has 2 saturated heterocycles. The SMILES string of the molecule is CN=C(NCCCN1CCCC1C(=O)N(C)C)N1CCOC(c2cnn(C)c2)C1. The number of likely N-dealkylation sites (tertiary alicyclic amines) is 1. The number of morpholine rings is 1. The van der Waals surface area contributed by atoms with Gasteiger partial charge in [-0.05, 0) is 25.8 Å². The number of aromatic nitrogens is 2. The molecule has 9 heteroatoms. The maximum Gasteiger partial charge on any atom is 0.239 e. The van der Waals surface area contributed by atoms with E-state index < -0.39 is 0 Å². The van der Waals surface area contributed by atoms with Crippen molar-refractivity contribution in [2.45, 2.75) is 31.4 Å². The molecule has 29 heavy (non-hydrogen) atoms. The summed E-state index contributed by atoms with van der Waals surface area (Å²) >= 11 is 0. The number of aryl methyl sites for hydroxylation is 1. The fourth-order valence-electron chi connectivity index (χ4n) is 4.14. The summed E-state index contributed by atoms with van der Waals surface area (Å²) in [5.41, 5.74) is 1.10. The average molecular weight is 406 g/mol. The zero-order chi connectivity index (χ0) is 20.8. The largest absolute Gasteiger partial charge is 0.370 e. The number of rotatable bonds is 6. The number of carbonyl (C=O) groups is 1. The first-order valence-electron chi connectivity index (χ1n) is 10.5. The Morgan fingerprint density at radius 2 is 2.24 bits per heavy atom. The summed E-state index contributed by atoms with van der Waals surface area (Å²) in [6.07, 6.45) is 6.93. The summed E-state index contributed by atoms with van der Waals surface area (Å²) in [4.78, 5) is 23.1. The molecule has 2 unspecified atom stereocenters. The number of hydrogen-bond acceptors (Lipinski definition) is 5. The smallest absolute Gasteiger partial charge is 0.239 e. The highest BCUT2D eigenvalue weighted by atomic mass is 16.5. The predicted molar refractivity (Wildman–Crippen MR) is 113 cm³/mol. The highest BCUT2D eigenvalue weighted by Gasteiger charge is 2.31. The molecule has 1 aromatic heterocycles. The van der Waals surface area contributed by atoms with Gasteiger partial charge in [0, 0.05) is 59.6 Å². The average Bonchev–Trinajstić information content (AvgIpc) is 3.36. The third-order valence-electron chi connectivity index (χ3n) is 5.67. The molecule has 0 spiro atoms. The van der Waals surface area contributed by atoms with Crippen LogP contribution in [-0.2, 0) is 16.6 Å². The van der Waals surface area contributed by atoms with Gasteiger partial charge in [0.05, 0.1) is 25.4 Å². The molecule has 3 rings (SSSR count). The fourth-order valence-corrected chi connectivity index (χ4v) is 4.14. The molecule has 0 bridgehead atoms. The number of carbonyl (C=O) groups excluding carboxylic acids is 1. The van der Waals surface area contributed by atoms with Crippen molar-refractivity contribution in [1.82, 2.24) is 29.8 Å². The molecule has 1 aromatic rings. The van der Waals surface area contributed by atoms with E-state index >= 15 is 0 Å². The summed E-state index contributed by atoms with van der Waals surface area (Å²) in [6, 6.07) is 0.0452. The summed E-state index contributed by atoms with van der Waals surface area (Å²) < 4.78 is 7.73. The zero-order valence-electron chi connectivity index (χ0n) is 18.2. The van der Waals surface area contributed by atoms with Gasteiger partial charge >= 0.3 is 0 Å². The molecule has 3 heterocycles. The summed E-state index contributed by atoms with van der Waals surface area (Å²) in [6.45, 7) is 5.02. The molecular formula is C20H35N7O2. The second-order valence-corrected chi connectivity index (χ2v) is 8.01. The molecule has 0 aliphatic carbocycles. The highest BCUT2D eigenvalue weighted by molar-refractivity contribution is 5.81. The monoisotopic (exact) mass is 405 g/mol. The van der Waals surface area contributed by atoms with Crippen molar-refractivity contribution in [2.75, 3.05) is 60.5 Å². The van der Waals surface area contributed by atoms with E-state index in [-0.39, 0.29) is 18.1 Å². The van der Waals surface area contributed by atoms with E-state index in [0.29, 0.717) is 6.61 Å². The first-order chi connectivity index (χ1) is 14.0. The summed E-state index contributed by atoms with van der Waals surface area (Å²) in [5, 5.41) is 7.73. The van der Waals surface area contributed by atoms with Crippen molar-refractivity contribution < 1.29 is 9.53 Å². The Morgan fingerprint density at radius 3 is 2.93 bits per heavy atom. The molecule has 0 radical (unpaired) electrons. The van der Waals surface area contributed by atoms with Gasteiger partial charge in [-0.15, -0.1) is 0 Å². The number of ether oxygens (including phenoxy) is 1. The molecule has 0 aromatic carbocycles. The van der Waals surface area contributed by atoms with Crippen molar-refractivity contribution in [3.8, 4) is 0 Å². The van der Waals surface area contributed by atoms with E-state index in [1.807, 2.05) is 40.6 Å². The molecule has 1 N–H and O–H groups in total. The first kappa shape index (κ1) is 21.6. The van der Waals surface area contributed by atoms with Crippen LogP contribution >= 0.6 is 0 Å². The molecule has 162 valence electrons. The van der Waals surface area contributed by atoms with Gasteiger partial charge < -0.3 is 19.9 Å². The van der Waals surface area contributed by atoms with Crippen molar-refractivity contribution in [2.24, 2.45) is 12.0 Å². The lowest BCUT2D eigenvalue weighted by Crippen LogP contribution is -2.48. The van der Waals surface area contributed by atoms with Crippen molar-refractivity contribution in [3.05, 3.63) is 18.0 Å². The molecule has 2 atom stereocenters. The number of nitrogens with one attached hydrogen (secondary N) is 1. The van der Waals surface area contributed by atoms with Crippen LogP contribution in [0.2, 0.25) is 0 Å². The third kappa shape index (κ3) is 5.48. The minimum atomic E-state index is 0.0124. The van der Waals surface area contributed by atoms with Crippen LogP contribution in [0.3, 0.4) is 0 Å². The Kier molecular flexibility index (Phi) is 7.49. The van der Waals surface area contributed by atoms with Crippen LogP contribution in [0.15, 0.2) is 17.4 Å². The van der Waals surface area contributed by atoms with E-state index in [4.69, 9.17) is 4.74 Å². The fraction of sp³-hybridized carbons (Fsp3) is 0.750. The number of nitrogens with zero attached hydrogens (tertiary/aromatic N) is 6. The lowest BCUT2D eigenvalue weighted by Gasteiger charge is -2.35. The zero-order valence-corrected chi connectivity index (χ0v) is 18.2. The van der Waals surface area contributed by atoms with Crippen molar-refractivity contribution in [1.29, 1.82) is 0 Å². The van der Waals surface area contributed by atoms with E-state index in [9.17, 15) is 4.79 Å². The van der Waals surface area contributed by atoms with Crippen LogP contribution in [0, 0.1) is 0 Å². The molecule has 1 amide bonds. The maximum atomic E-state index is 12.3. The highest BCUT2D eigenvalue weighted by Crippen LogP contribution is 2.22. The molecule has 0 saturated carbocycles. The molecule has 2 aliphatic heterocycles. The van der Waals surface area contributed by atoms with E-state index in [1.54, 1.807) is 9.58 Å². The first-order valence-corrected chi connectivity index (χ1v) is 10.5. The minimum absolute atomic E-state index is 0.0124. The topological polar surface area (TPSA) is 78.2 Å². The molecule has 9 nitrogen and oxygen atoms in total. The van der Waals surface area contributed by atoms with Gasteiger partial charge in [-0.2, -0.15) is 5.10 Å². The summed E-state index contributed by atoms with van der Waals surface area (Å²) in [5.74, 6) is 1.13. The van der Waals surface area contributed by atoms with Gasteiger partial charge in [0.25, 0.3) is 0 Å². The van der Waals surface area contributed by atoms with E-state index in [1.165, 1.54) is 0 Å². The van der Waals surface area contributed by atoms with Crippen LogP contribution in [0.25, 0.3) is 0 Å². The van der Waals surface area contributed by atoms with Crippen molar-refractivity contribution in [3.63, 3.8) is 0 Å². The van der Waals surface area contributed by atoms with Gasteiger partial charge in [-0.3, -0.25) is 19.4 Å². The van der Waals surface area contributed by atoms with Gasteiger partial charge in [0.15, 0.2) is 5.96 Å². The number of aliphatic imine (C=N–C) groups is 1. The maximum absolute atomic E-state index is 12.3. The standard InChI is InChI=1S/C20H35N7O2/c1-21-20(27-11-12-29-18(15-27)16-13-23-25(4)14-16)22-8-6-10-26-9-5-7-17(26)19(28)24(2)3/h13-14,17-18H,5-12,15H2,1-4H3,(H,21,22). The van der Waals surface area contributed by atoms with E-state index in [2.05, 4.69) is 25.2 Å². The molecule has 2 aliphatic rings.